The normalized spacial score (nSPS) is 13.1. The Morgan fingerprint density at radius 1 is 0.267 bits per heavy atom. The maximum Gasteiger partial charge on any atom is 0.306 e. The molecule has 1 N–H and O–H groups in total. The average molecular weight is 1190 g/mol. The van der Waals surface area contributed by atoms with Gasteiger partial charge in [0.2, 0.25) is 0 Å². The van der Waals surface area contributed by atoms with E-state index in [-0.39, 0.29) is 25.2 Å². The Labute approximate surface area is 533 Å². The summed E-state index contributed by atoms with van der Waals surface area (Å²) in [5.74, 6) is -0.585. The van der Waals surface area contributed by atoms with Crippen LogP contribution in [0, 0.1) is 0 Å². The van der Waals surface area contributed by atoms with Crippen LogP contribution in [0.15, 0.2) is 146 Å². The number of carbonyl (C=O) groups excluding carboxylic acids is 2. The lowest BCUT2D eigenvalue weighted by Crippen LogP contribution is -2.28. The van der Waals surface area contributed by atoms with Crippen molar-refractivity contribution in [3.05, 3.63) is 146 Å². The van der Waals surface area contributed by atoms with Crippen molar-refractivity contribution in [2.24, 2.45) is 0 Å². The third kappa shape index (κ3) is 72.3. The lowest BCUT2D eigenvalue weighted by atomic mass is 10.0. The van der Waals surface area contributed by atoms with Crippen LogP contribution in [0.25, 0.3) is 0 Å². The van der Waals surface area contributed by atoms with Crippen LogP contribution < -0.4 is 0 Å². The van der Waals surface area contributed by atoms with Crippen molar-refractivity contribution in [3.63, 3.8) is 0 Å². The fraction of sp³-hybridized carbons (Fsp3) is 0.679. The van der Waals surface area contributed by atoms with Crippen LogP contribution in [0.1, 0.15) is 335 Å². The number of carbonyl (C=O) groups is 2. The molecule has 0 heterocycles. The molecule has 1 unspecified atom stereocenters. The maximum absolute atomic E-state index is 12.4. The Hall–Kier alpha value is -4.22. The van der Waals surface area contributed by atoms with Gasteiger partial charge in [-0.15, -0.1) is 0 Å². The number of esters is 2. The maximum atomic E-state index is 12.4. The highest BCUT2D eigenvalue weighted by Crippen LogP contribution is 2.18. The fourth-order valence-electron chi connectivity index (χ4n) is 10.3. The zero-order valence-corrected chi connectivity index (χ0v) is 56.3. The van der Waals surface area contributed by atoms with E-state index in [0.717, 1.165) is 116 Å². The number of hydrogen-bond acceptors (Lipinski definition) is 5. The van der Waals surface area contributed by atoms with Gasteiger partial charge in [0.25, 0.3) is 0 Å². The highest BCUT2D eigenvalue weighted by atomic mass is 16.6. The van der Waals surface area contributed by atoms with Gasteiger partial charge in [-0.3, -0.25) is 9.59 Å². The fourth-order valence-corrected chi connectivity index (χ4v) is 10.3. The monoisotopic (exact) mass is 1190 g/mol. The second-order valence-corrected chi connectivity index (χ2v) is 23.9. The van der Waals surface area contributed by atoms with Crippen LogP contribution in [0.4, 0.5) is 0 Å². The summed E-state index contributed by atoms with van der Waals surface area (Å²) in [6.07, 6.45) is 113. The molecule has 0 aliphatic carbocycles. The Morgan fingerprint density at radius 2 is 0.465 bits per heavy atom. The summed E-state index contributed by atoms with van der Waals surface area (Å²) >= 11 is 0. The van der Waals surface area contributed by atoms with E-state index in [1.165, 1.54) is 193 Å². The molecule has 5 heteroatoms. The van der Waals surface area contributed by atoms with Crippen molar-refractivity contribution in [1.82, 2.24) is 0 Å². The molecule has 1 atom stereocenters. The first kappa shape index (κ1) is 81.8. The van der Waals surface area contributed by atoms with Gasteiger partial charge in [-0.05, 0) is 116 Å². The first-order chi connectivity index (χ1) is 42.6. The van der Waals surface area contributed by atoms with Crippen molar-refractivity contribution in [3.8, 4) is 0 Å². The number of allylic oxidation sites excluding steroid dienone is 24. The molecule has 0 radical (unpaired) electrons. The molecule has 0 amide bonds. The summed E-state index contributed by atoms with van der Waals surface area (Å²) in [5.41, 5.74) is 0. The molecule has 0 aromatic rings. The average Bonchev–Trinajstić information content (AvgIpc) is 3.53. The number of ether oxygens (including phenoxy) is 2. The first-order valence-corrected chi connectivity index (χ1v) is 36.4. The van der Waals surface area contributed by atoms with Crippen LogP contribution in [-0.4, -0.2) is 36.4 Å². The van der Waals surface area contributed by atoms with E-state index in [2.05, 4.69) is 160 Å². The summed E-state index contributed by atoms with van der Waals surface area (Å²) < 4.78 is 10.8. The molecule has 0 rings (SSSR count). The van der Waals surface area contributed by atoms with Crippen LogP contribution in [0.5, 0.6) is 0 Å². The predicted octanol–water partition coefficient (Wildman–Crippen LogP) is 25.7. The molecule has 0 fully saturated rings. The highest BCUT2D eigenvalue weighted by molar-refractivity contribution is 5.70. The minimum Gasteiger partial charge on any atom is -0.462 e. The minimum atomic E-state index is -0.781. The molecule has 0 aliphatic heterocycles. The van der Waals surface area contributed by atoms with Crippen LogP contribution in [0.3, 0.4) is 0 Å². The second kappa shape index (κ2) is 75.0. The molecule has 0 aromatic carbocycles. The number of hydrogen-bond donors (Lipinski definition) is 1. The van der Waals surface area contributed by atoms with E-state index in [9.17, 15) is 14.7 Å². The molecule has 0 aliphatic rings. The van der Waals surface area contributed by atoms with Crippen molar-refractivity contribution in [2.75, 3.05) is 13.2 Å². The molecule has 0 saturated heterocycles. The molecule has 0 spiro atoms. The van der Waals surface area contributed by atoms with Gasteiger partial charge >= 0.3 is 11.9 Å². The Bertz CT molecular complexity index is 1780. The van der Waals surface area contributed by atoms with Gasteiger partial charge in [-0.1, -0.05) is 352 Å². The third-order valence-electron chi connectivity index (χ3n) is 15.6. The molecule has 0 saturated carbocycles. The summed E-state index contributed by atoms with van der Waals surface area (Å²) in [7, 11) is 0. The smallest absolute Gasteiger partial charge is 0.306 e. The lowest BCUT2D eigenvalue weighted by molar-refractivity contribution is -0.161. The molecule has 490 valence electrons. The Morgan fingerprint density at radius 3 is 0.698 bits per heavy atom. The second-order valence-electron chi connectivity index (χ2n) is 23.9. The highest BCUT2D eigenvalue weighted by Gasteiger charge is 2.16. The first-order valence-electron chi connectivity index (χ1n) is 36.4. The van der Waals surface area contributed by atoms with E-state index in [1.807, 2.05) is 0 Å². The summed E-state index contributed by atoms with van der Waals surface area (Å²) in [4.78, 5) is 24.7. The SMILES string of the molecule is CC/C=C\C/C=C\C/C=C\C/C=C\C/C=C\C/C=C\C/C=C\C/C=C\CCCCCCCCCCCCCCC(=O)OC(CO)COC(=O)CCCCCCCCCCCCCCCCCCCCCCCC/C=C\C/C=C\C/C=C\C/C=C\CC. The molecular weight excluding hydrogens is 1050 g/mol. The van der Waals surface area contributed by atoms with E-state index in [0.29, 0.717) is 12.8 Å². The zero-order valence-electron chi connectivity index (χ0n) is 56.3. The van der Waals surface area contributed by atoms with E-state index < -0.39 is 6.10 Å². The lowest BCUT2D eigenvalue weighted by Gasteiger charge is -2.15. The predicted molar refractivity (Wildman–Crippen MR) is 380 cm³/mol. The summed E-state index contributed by atoms with van der Waals surface area (Å²) in [6.45, 7) is 3.94. The van der Waals surface area contributed by atoms with Crippen molar-refractivity contribution >= 4 is 11.9 Å². The number of rotatable bonds is 66. The van der Waals surface area contributed by atoms with Gasteiger partial charge in [-0.2, -0.15) is 0 Å². The molecule has 86 heavy (non-hydrogen) atoms. The third-order valence-corrected chi connectivity index (χ3v) is 15.6. The topological polar surface area (TPSA) is 72.8 Å². The van der Waals surface area contributed by atoms with Gasteiger partial charge in [0.1, 0.15) is 6.61 Å². The van der Waals surface area contributed by atoms with Gasteiger partial charge in [-0.25, -0.2) is 0 Å². The minimum absolute atomic E-state index is 0.0694. The molecule has 0 aromatic heterocycles. The van der Waals surface area contributed by atoms with Crippen LogP contribution >= 0.6 is 0 Å². The number of aliphatic hydroxyl groups is 1. The van der Waals surface area contributed by atoms with E-state index in [1.54, 1.807) is 0 Å². The van der Waals surface area contributed by atoms with Gasteiger partial charge in [0.05, 0.1) is 6.61 Å². The Balaban J connectivity index is 3.48. The Kier molecular flexibility index (Phi) is 71.3. The van der Waals surface area contributed by atoms with E-state index in [4.69, 9.17) is 9.47 Å². The van der Waals surface area contributed by atoms with E-state index >= 15 is 0 Å². The summed E-state index contributed by atoms with van der Waals surface area (Å²) in [5, 5.41) is 9.72. The quantitative estimate of drug-likeness (QED) is 0.0373. The van der Waals surface area contributed by atoms with Gasteiger partial charge < -0.3 is 14.6 Å². The number of unbranched alkanes of at least 4 members (excludes halogenated alkanes) is 34. The van der Waals surface area contributed by atoms with Gasteiger partial charge in [0.15, 0.2) is 6.10 Å². The summed E-state index contributed by atoms with van der Waals surface area (Å²) in [6, 6.07) is 0. The van der Waals surface area contributed by atoms with Crippen molar-refractivity contribution in [1.29, 1.82) is 0 Å². The van der Waals surface area contributed by atoms with Crippen LogP contribution in [0.2, 0.25) is 0 Å². The molecule has 0 bridgehead atoms. The zero-order chi connectivity index (χ0) is 61.9. The molecule has 5 nitrogen and oxygen atoms in total. The van der Waals surface area contributed by atoms with Gasteiger partial charge in [0, 0.05) is 12.8 Å². The van der Waals surface area contributed by atoms with Crippen molar-refractivity contribution in [2.45, 2.75) is 341 Å². The standard InChI is InChI=1S/C81H136O5/c1-3-5-7-9-11-13-15-17-19-21-23-25-27-29-31-33-35-37-39-40-42-44-46-48-50-52-54-56-58-60-62-64-66-68-70-72-74-76-81(84)86-79(77-82)78-85-80(83)75-73-71-69-67-65-63-61-59-57-55-53-51-49-47-45-43-41-38-36-34-32-30-28-26-24-22-20-18-16-14-12-10-8-6-4-2/h5-8,11-14,17-20,23-26,29,31,35,37,40,42,46,48,79,82H,3-4,9-10,15-16,21-22,27-28,30,32-34,36,38-39,41,43-45,47,49-78H2,1-2H3/b7-5-,8-6-,13-11-,14-12-,19-17-,20-18-,25-23-,26-24-,31-29-,37-35-,42-40-,48-46-. The molecular formula is C81H136O5. The largest absolute Gasteiger partial charge is 0.462 e. The number of aliphatic hydroxyl groups excluding tert-OH is 1. The van der Waals surface area contributed by atoms with Crippen LogP contribution in [-0.2, 0) is 19.1 Å². The van der Waals surface area contributed by atoms with Crippen molar-refractivity contribution < 1.29 is 24.2 Å².